The summed E-state index contributed by atoms with van der Waals surface area (Å²) in [6.45, 7) is 0. The number of hydrogen-bond donors (Lipinski definition) is 0. The van der Waals surface area contributed by atoms with Crippen molar-refractivity contribution in [2.45, 2.75) is 5.92 Å². The molecule has 0 heterocycles. The quantitative estimate of drug-likeness (QED) is 0.711. The van der Waals surface area contributed by atoms with Crippen LogP contribution in [0.2, 0.25) is 0 Å². The molecule has 2 aromatic rings. The molecule has 0 spiro atoms. The number of hydrogen-bond acceptors (Lipinski definition) is 1. The van der Waals surface area contributed by atoms with Crippen molar-refractivity contribution in [2.75, 3.05) is 0 Å². The lowest BCUT2D eigenvalue weighted by atomic mass is 9.97. The maximum absolute atomic E-state index is 11.2. The van der Waals surface area contributed by atoms with Gasteiger partial charge in [-0.15, -0.1) is 0 Å². The molecule has 2 heteroatoms. The summed E-state index contributed by atoms with van der Waals surface area (Å²) in [6, 6.07) is 15.2. The molecule has 2 aromatic carbocycles. The van der Waals surface area contributed by atoms with Gasteiger partial charge in [0.2, 0.25) is 0 Å². The molecule has 1 radical (unpaired) electrons. The molecule has 0 N–H and O–H groups in total. The highest BCUT2D eigenvalue weighted by atomic mass is 16.4. The van der Waals surface area contributed by atoms with Gasteiger partial charge < -0.3 is 0 Å². The predicted molar refractivity (Wildman–Crippen MR) is 59.4 cm³/mol. The second-order valence-electron chi connectivity index (χ2n) is 3.93. The van der Waals surface area contributed by atoms with Gasteiger partial charge in [-0.2, -0.15) is 0 Å². The Bertz CT molecular complexity index is 527. The molecule has 0 amide bonds. The second kappa shape index (κ2) is 3.20. The van der Waals surface area contributed by atoms with Crippen LogP contribution in [0.4, 0.5) is 0 Å². The average Bonchev–Trinajstić information content (AvgIpc) is 2.63. The molecule has 3 rings (SSSR count). The molecule has 0 aromatic heterocycles. The molecule has 2 nitrogen and oxygen atoms in total. The van der Waals surface area contributed by atoms with E-state index in [1.807, 2.05) is 48.5 Å². The van der Waals surface area contributed by atoms with Crippen LogP contribution in [0.3, 0.4) is 0 Å². The van der Waals surface area contributed by atoms with E-state index in [-0.39, 0.29) is 0 Å². The summed E-state index contributed by atoms with van der Waals surface area (Å²) in [4.78, 5) is 11.2. The van der Waals surface area contributed by atoms with Crippen molar-refractivity contribution in [3.63, 3.8) is 0 Å². The summed E-state index contributed by atoms with van der Waals surface area (Å²) in [5.74, 6) is -1.65. The zero-order chi connectivity index (χ0) is 11.1. The summed E-state index contributed by atoms with van der Waals surface area (Å²) in [6.07, 6.45) is 0. The van der Waals surface area contributed by atoms with E-state index in [2.05, 4.69) is 0 Å². The molecule has 16 heavy (non-hydrogen) atoms. The van der Waals surface area contributed by atoms with Crippen molar-refractivity contribution in [3.8, 4) is 11.1 Å². The summed E-state index contributed by atoms with van der Waals surface area (Å²) < 4.78 is 0. The molecule has 0 saturated heterocycles. The molecule has 77 valence electrons. The van der Waals surface area contributed by atoms with Gasteiger partial charge >= 0.3 is 5.97 Å². The van der Waals surface area contributed by atoms with Crippen LogP contribution in [0, 0.1) is 0 Å². The Kier molecular flexibility index (Phi) is 1.83. The third-order valence-electron chi connectivity index (χ3n) is 3.07. The fraction of sp³-hybridized carbons (Fsp3) is 0.0714. The minimum atomic E-state index is -1.03. The predicted octanol–water partition coefficient (Wildman–Crippen LogP) is 2.76. The first-order valence-corrected chi connectivity index (χ1v) is 5.18. The fourth-order valence-corrected chi connectivity index (χ4v) is 2.41. The number of rotatable bonds is 1. The lowest BCUT2D eigenvalue weighted by Crippen LogP contribution is -2.08. The van der Waals surface area contributed by atoms with E-state index in [0.717, 1.165) is 22.3 Å². The normalized spacial score (nSPS) is 13.2. The largest absolute Gasteiger partial charge is 0.367 e. The topological polar surface area (TPSA) is 37.0 Å². The van der Waals surface area contributed by atoms with E-state index in [1.165, 1.54) is 0 Å². The zero-order valence-corrected chi connectivity index (χ0v) is 8.51. The van der Waals surface area contributed by atoms with Gasteiger partial charge in [0.15, 0.2) is 0 Å². The Labute approximate surface area is 93.2 Å². The lowest BCUT2D eigenvalue weighted by Gasteiger charge is -2.04. The van der Waals surface area contributed by atoms with E-state index >= 15 is 0 Å². The van der Waals surface area contributed by atoms with Gasteiger partial charge in [-0.1, -0.05) is 48.5 Å². The van der Waals surface area contributed by atoms with Gasteiger partial charge in [0.25, 0.3) is 0 Å². The van der Waals surface area contributed by atoms with Crippen LogP contribution in [-0.2, 0) is 9.90 Å². The van der Waals surface area contributed by atoms with Gasteiger partial charge in [0, 0.05) is 0 Å². The number of carbonyl (C=O) groups excluding carboxylic acids is 1. The summed E-state index contributed by atoms with van der Waals surface area (Å²) in [7, 11) is 0. The molecule has 1 aliphatic rings. The SMILES string of the molecule is [O]C(=O)C1c2ccccc2-c2ccccc21. The highest BCUT2D eigenvalue weighted by molar-refractivity contribution is 5.92. The smallest absolute Gasteiger partial charge is 0.246 e. The van der Waals surface area contributed by atoms with E-state index in [1.54, 1.807) is 0 Å². The van der Waals surface area contributed by atoms with Crippen LogP contribution in [0.25, 0.3) is 11.1 Å². The Morgan fingerprint density at radius 2 is 1.25 bits per heavy atom. The Hall–Kier alpha value is -2.09. The number of carbonyl (C=O) groups is 1. The van der Waals surface area contributed by atoms with Crippen molar-refractivity contribution in [1.29, 1.82) is 0 Å². The summed E-state index contributed by atoms with van der Waals surface area (Å²) in [5.41, 5.74) is 3.69. The Morgan fingerprint density at radius 3 is 1.69 bits per heavy atom. The first-order valence-electron chi connectivity index (χ1n) is 5.18. The minimum absolute atomic E-state index is 0.618. The molecule has 0 atom stereocenters. The molecule has 0 aliphatic heterocycles. The highest BCUT2D eigenvalue weighted by Gasteiger charge is 2.34. The van der Waals surface area contributed by atoms with E-state index in [0.29, 0.717) is 0 Å². The molecular formula is C14H9O2. The van der Waals surface area contributed by atoms with Crippen molar-refractivity contribution < 1.29 is 9.90 Å². The standard InChI is InChI=1S/C14H9O2/c15-14(16)13-11-7-3-1-5-9(11)10-6-2-4-8-12(10)13/h1-8,13H. The number of fused-ring (bicyclic) bond motifs is 3. The zero-order valence-electron chi connectivity index (χ0n) is 8.51. The van der Waals surface area contributed by atoms with Crippen LogP contribution in [0.15, 0.2) is 48.5 Å². The molecule has 0 bridgehead atoms. The van der Waals surface area contributed by atoms with Crippen LogP contribution in [0.5, 0.6) is 0 Å². The maximum Gasteiger partial charge on any atom is 0.367 e. The average molecular weight is 209 g/mol. The van der Waals surface area contributed by atoms with Crippen LogP contribution in [-0.4, -0.2) is 5.97 Å². The first-order chi connectivity index (χ1) is 7.79. The third kappa shape index (κ3) is 1.10. The van der Waals surface area contributed by atoms with E-state index in [9.17, 15) is 9.90 Å². The maximum atomic E-state index is 11.2. The fourth-order valence-electron chi connectivity index (χ4n) is 2.41. The van der Waals surface area contributed by atoms with Crippen molar-refractivity contribution >= 4 is 5.97 Å². The van der Waals surface area contributed by atoms with Gasteiger partial charge in [0.05, 0.1) is 0 Å². The van der Waals surface area contributed by atoms with E-state index in [4.69, 9.17) is 0 Å². The van der Waals surface area contributed by atoms with Gasteiger partial charge in [0.1, 0.15) is 5.92 Å². The lowest BCUT2D eigenvalue weighted by molar-refractivity contribution is -0.143. The van der Waals surface area contributed by atoms with Crippen molar-refractivity contribution in [1.82, 2.24) is 0 Å². The van der Waals surface area contributed by atoms with Crippen LogP contribution < -0.4 is 0 Å². The monoisotopic (exact) mass is 209 g/mol. The van der Waals surface area contributed by atoms with Gasteiger partial charge in [-0.25, -0.2) is 9.90 Å². The third-order valence-corrected chi connectivity index (χ3v) is 3.07. The molecular weight excluding hydrogens is 200 g/mol. The van der Waals surface area contributed by atoms with Gasteiger partial charge in [-0.3, -0.25) is 0 Å². The molecule has 1 aliphatic carbocycles. The Balaban J connectivity index is 2.34. The number of benzene rings is 2. The Morgan fingerprint density at radius 1 is 0.812 bits per heavy atom. The van der Waals surface area contributed by atoms with Gasteiger partial charge in [-0.05, 0) is 22.3 Å². The van der Waals surface area contributed by atoms with Crippen molar-refractivity contribution in [2.24, 2.45) is 0 Å². The van der Waals surface area contributed by atoms with Crippen LogP contribution >= 0.6 is 0 Å². The highest BCUT2D eigenvalue weighted by Crippen LogP contribution is 2.44. The minimum Gasteiger partial charge on any atom is -0.246 e. The molecule has 0 saturated carbocycles. The second-order valence-corrected chi connectivity index (χ2v) is 3.93. The summed E-state index contributed by atoms with van der Waals surface area (Å²) >= 11 is 0. The first kappa shape index (κ1) is 9.16. The molecule has 0 unspecified atom stereocenters. The van der Waals surface area contributed by atoms with Crippen molar-refractivity contribution in [3.05, 3.63) is 59.7 Å². The molecule has 0 fully saturated rings. The van der Waals surface area contributed by atoms with E-state index < -0.39 is 11.9 Å². The summed E-state index contributed by atoms with van der Waals surface area (Å²) in [5, 5.41) is 11.2. The van der Waals surface area contributed by atoms with Crippen LogP contribution in [0.1, 0.15) is 17.0 Å².